The van der Waals surface area contributed by atoms with Crippen molar-refractivity contribution in [2.24, 2.45) is 0 Å². The summed E-state index contributed by atoms with van der Waals surface area (Å²) in [5.74, 6) is -0.452. The zero-order valence-electron chi connectivity index (χ0n) is 13.5. The minimum Gasteiger partial charge on any atom is -0.435 e. The maximum absolute atomic E-state index is 12.3. The molecule has 2 aromatic rings. The molecule has 1 amide bonds. The highest BCUT2D eigenvalue weighted by atomic mass is 19.3. The SMILES string of the molecule is Cc1cc(C)c(C(=O)NC(C)c2ccc(OC(F)F)cc2)c(=O)[nH]1. The quantitative estimate of drug-likeness (QED) is 0.881. The number of carbonyl (C=O) groups is 1. The van der Waals surface area contributed by atoms with Crippen molar-refractivity contribution in [1.29, 1.82) is 0 Å². The van der Waals surface area contributed by atoms with Gasteiger partial charge in [0.05, 0.1) is 6.04 Å². The number of aryl methyl sites for hydroxylation is 2. The second-order valence-corrected chi connectivity index (χ2v) is 5.48. The van der Waals surface area contributed by atoms with Crippen molar-refractivity contribution >= 4 is 5.91 Å². The average molecular weight is 336 g/mol. The lowest BCUT2D eigenvalue weighted by atomic mass is 10.1. The van der Waals surface area contributed by atoms with Crippen LogP contribution in [0.1, 0.15) is 40.1 Å². The largest absolute Gasteiger partial charge is 0.435 e. The van der Waals surface area contributed by atoms with Crippen LogP contribution in [-0.2, 0) is 0 Å². The molecule has 0 radical (unpaired) electrons. The highest BCUT2D eigenvalue weighted by molar-refractivity contribution is 5.95. The fourth-order valence-corrected chi connectivity index (χ4v) is 2.43. The number of H-pyrrole nitrogens is 1. The Morgan fingerprint density at radius 2 is 1.83 bits per heavy atom. The molecule has 0 spiro atoms. The van der Waals surface area contributed by atoms with Crippen molar-refractivity contribution in [2.75, 3.05) is 0 Å². The zero-order chi connectivity index (χ0) is 17.9. The van der Waals surface area contributed by atoms with E-state index in [0.717, 1.165) is 0 Å². The standard InChI is InChI=1S/C17H18F2N2O3/c1-9-8-10(2)20-15(22)14(9)16(23)21-11(3)12-4-6-13(7-5-12)24-17(18)19/h4-8,11,17H,1-3H3,(H,20,22)(H,21,23). The fraction of sp³-hybridized carbons (Fsp3) is 0.294. The lowest BCUT2D eigenvalue weighted by Gasteiger charge is -2.15. The summed E-state index contributed by atoms with van der Waals surface area (Å²) in [5.41, 5.74) is 1.58. The summed E-state index contributed by atoms with van der Waals surface area (Å²) in [6.07, 6.45) is 0. The van der Waals surface area contributed by atoms with Crippen LogP contribution in [0.4, 0.5) is 8.78 Å². The van der Waals surface area contributed by atoms with Gasteiger partial charge in [-0.05, 0) is 50.1 Å². The van der Waals surface area contributed by atoms with Gasteiger partial charge in [0.25, 0.3) is 11.5 Å². The van der Waals surface area contributed by atoms with Crippen molar-refractivity contribution in [1.82, 2.24) is 10.3 Å². The van der Waals surface area contributed by atoms with Crippen LogP contribution < -0.4 is 15.6 Å². The summed E-state index contributed by atoms with van der Waals surface area (Å²) < 4.78 is 28.5. The summed E-state index contributed by atoms with van der Waals surface area (Å²) >= 11 is 0. The van der Waals surface area contributed by atoms with Gasteiger partial charge in [0.15, 0.2) is 0 Å². The number of rotatable bonds is 5. The molecular weight excluding hydrogens is 318 g/mol. The molecule has 2 rings (SSSR count). The lowest BCUT2D eigenvalue weighted by Crippen LogP contribution is -2.32. The van der Waals surface area contributed by atoms with Crippen molar-refractivity contribution in [3.63, 3.8) is 0 Å². The van der Waals surface area contributed by atoms with Crippen molar-refractivity contribution in [2.45, 2.75) is 33.4 Å². The Hall–Kier alpha value is -2.70. The van der Waals surface area contributed by atoms with E-state index in [2.05, 4.69) is 15.0 Å². The molecule has 0 saturated heterocycles. The summed E-state index contributed by atoms with van der Waals surface area (Å²) in [5, 5.41) is 2.73. The zero-order valence-corrected chi connectivity index (χ0v) is 13.5. The highest BCUT2D eigenvalue weighted by Gasteiger charge is 2.17. The van der Waals surface area contributed by atoms with Crippen LogP contribution in [0.25, 0.3) is 0 Å². The Balaban J connectivity index is 2.13. The van der Waals surface area contributed by atoms with Gasteiger partial charge in [-0.25, -0.2) is 0 Å². The van der Waals surface area contributed by atoms with E-state index in [9.17, 15) is 18.4 Å². The normalized spacial score (nSPS) is 12.1. The Morgan fingerprint density at radius 3 is 2.38 bits per heavy atom. The van der Waals surface area contributed by atoms with Crippen LogP contribution in [-0.4, -0.2) is 17.5 Å². The van der Waals surface area contributed by atoms with Crippen molar-refractivity contribution < 1.29 is 18.3 Å². The molecule has 0 aliphatic heterocycles. The number of ether oxygens (including phenoxy) is 1. The van der Waals surface area contributed by atoms with Gasteiger partial charge in [0.2, 0.25) is 0 Å². The monoisotopic (exact) mass is 336 g/mol. The summed E-state index contributed by atoms with van der Waals surface area (Å²) in [7, 11) is 0. The number of hydrogen-bond acceptors (Lipinski definition) is 3. The number of amides is 1. The number of carbonyl (C=O) groups excluding carboxylic acids is 1. The van der Waals surface area contributed by atoms with Gasteiger partial charge in [0.1, 0.15) is 11.3 Å². The molecule has 128 valence electrons. The second kappa shape index (κ2) is 7.25. The minimum absolute atomic E-state index is 0.0399. The molecule has 1 heterocycles. The predicted molar refractivity (Wildman–Crippen MR) is 85.5 cm³/mol. The van der Waals surface area contributed by atoms with Crippen LogP contribution in [0.5, 0.6) is 5.75 Å². The molecule has 1 aromatic carbocycles. The van der Waals surface area contributed by atoms with E-state index in [4.69, 9.17) is 0 Å². The Morgan fingerprint density at radius 1 is 1.21 bits per heavy atom. The molecule has 2 N–H and O–H groups in total. The van der Waals surface area contributed by atoms with Gasteiger partial charge < -0.3 is 15.0 Å². The van der Waals surface area contributed by atoms with Gasteiger partial charge in [-0.2, -0.15) is 8.78 Å². The van der Waals surface area contributed by atoms with E-state index in [0.29, 0.717) is 16.8 Å². The third kappa shape index (κ3) is 4.18. The number of pyridine rings is 1. The van der Waals surface area contributed by atoms with Crippen LogP contribution in [0, 0.1) is 13.8 Å². The molecule has 7 heteroatoms. The van der Waals surface area contributed by atoms with Crippen LogP contribution >= 0.6 is 0 Å². The maximum atomic E-state index is 12.3. The molecule has 0 aliphatic carbocycles. The van der Waals surface area contributed by atoms with Crippen molar-refractivity contribution in [3.05, 3.63) is 63.1 Å². The van der Waals surface area contributed by atoms with E-state index in [-0.39, 0.29) is 11.3 Å². The smallest absolute Gasteiger partial charge is 0.387 e. The summed E-state index contributed by atoms with van der Waals surface area (Å²) in [6.45, 7) is 2.28. The molecule has 1 unspecified atom stereocenters. The topological polar surface area (TPSA) is 71.2 Å². The first-order valence-electron chi connectivity index (χ1n) is 7.34. The molecule has 5 nitrogen and oxygen atoms in total. The molecule has 1 atom stereocenters. The molecule has 1 aromatic heterocycles. The minimum atomic E-state index is -2.88. The third-order valence-electron chi connectivity index (χ3n) is 3.55. The van der Waals surface area contributed by atoms with Crippen molar-refractivity contribution in [3.8, 4) is 5.75 Å². The molecule has 0 fully saturated rings. The maximum Gasteiger partial charge on any atom is 0.387 e. The van der Waals surface area contributed by atoms with Crippen LogP contribution in [0.3, 0.4) is 0 Å². The number of nitrogens with one attached hydrogen (secondary N) is 2. The number of halogens is 2. The molecular formula is C17H18F2N2O3. The number of benzene rings is 1. The van der Waals surface area contributed by atoms with E-state index in [1.54, 1.807) is 39.0 Å². The van der Waals surface area contributed by atoms with E-state index in [1.165, 1.54) is 12.1 Å². The van der Waals surface area contributed by atoms with E-state index in [1.807, 2.05) is 0 Å². The highest BCUT2D eigenvalue weighted by Crippen LogP contribution is 2.19. The number of aromatic amines is 1. The Labute approximate surface area is 137 Å². The number of aromatic nitrogens is 1. The predicted octanol–water partition coefficient (Wildman–Crippen LogP) is 3.08. The van der Waals surface area contributed by atoms with Gasteiger partial charge >= 0.3 is 6.61 Å². The Bertz CT molecular complexity index is 785. The summed E-state index contributed by atoms with van der Waals surface area (Å²) in [4.78, 5) is 26.9. The Kier molecular flexibility index (Phi) is 5.33. The van der Waals surface area contributed by atoms with Crippen LogP contribution in [0.15, 0.2) is 35.1 Å². The lowest BCUT2D eigenvalue weighted by molar-refractivity contribution is -0.0498. The first kappa shape index (κ1) is 17.7. The van der Waals surface area contributed by atoms with E-state index < -0.39 is 24.1 Å². The first-order valence-corrected chi connectivity index (χ1v) is 7.34. The van der Waals surface area contributed by atoms with E-state index >= 15 is 0 Å². The third-order valence-corrected chi connectivity index (χ3v) is 3.55. The van der Waals surface area contributed by atoms with Gasteiger partial charge in [-0.3, -0.25) is 9.59 Å². The second-order valence-electron chi connectivity index (χ2n) is 5.48. The molecule has 0 bridgehead atoms. The molecule has 0 aliphatic rings. The van der Waals surface area contributed by atoms with Gasteiger partial charge in [0, 0.05) is 5.69 Å². The molecule has 24 heavy (non-hydrogen) atoms. The van der Waals surface area contributed by atoms with Gasteiger partial charge in [-0.15, -0.1) is 0 Å². The van der Waals surface area contributed by atoms with Gasteiger partial charge in [-0.1, -0.05) is 12.1 Å². The summed E-state index contributed by atoms with van der Waals surface area (Å²) in [6, 6.07) is 7.27. The molecule has 0 saturated carbocycles. The number of alkyl halides is 2. The number of hydrogen-bond donors (Lipinski definition) is 2. The van der Waals surface area contributed by atoms with Crippen LogP contribution in [0.2, 0.25) is 0 Å². The fourth-order valence-electron chi connectivity index (χ4n) is 2.43. The average Bonchev–Trinajstić information content (AvgIpc) is 2.46. The first-order chi connectivity index (χ1) is 11.3.